The lowest BCUT2D eigenvalue weighted by molar-refractivity contribution is -0.118. The van der Waals surface area contributed by atoms with Crippen molar-refractivity contribution >= 4 is 23.2 Å². The summed E-state index contributed by atoms with van der Waals surface area (Å²) in [6.45, 7) is 2.67. The molecule has 0 saturated carbocycles. The molecule has 0 radical (unpaired) electrons. The zero-order chi connectivity index (χ0) is 14.8. The minimum atomic E-state index is -0.199. The first-order valence-corrected chi connectivity index (χ1v) is 7.38. The molecule has 108 valence electrons. The summed E-state index contributed by atoms with van der Waals surface area (Å²) in [6.07, 6.45) is 0.717. The van der Waals surface area contributed by atoms with Crippen LogP contribution in [0.2, 0.25) is 5.02 Å². The third-order valence-corrected chi connectivity index (χ3v) is 4.08. The van der Waals surface area contributed by atoms with Gasteiger partial charge in [0, 0.05) is 17.3 Å². The molecule has 0 aliphatic carbocycles. The minimum Gasteiger partial charge on any atom is -0.324 e. The number of benzene rings is 2. The highest BCUT2D eigenvalue weighted by atomic mass is 35.5. The van der Waals surface area contributed by atoms with E-state index in [2.05, 4.69) is 22.8 Å². The summed E-state index contributed by atoms with van der Waals surface area (Å²) in [5, 5.41) is 6.94. The van der Waals surface area contributed by atoms with Gasteiger partial charge in [-0.15, -0.1) is 0 Å². The smallest absolute Gasteiger partial charge is 0.241 e. The van der Waals surface area contributed by atoms with E-state index in [0.717, 1.165) is 17.8 Å². The quantitative estimate of drug-likeness (QED) is 0.893. The predicted octanol–water partition coefficient (Wildman–Crippen LogP) is 3.30. The maximum atomic E-state index is 12.4. The number of rotatable bonds is 2. The fourth-order valence-corrected chi connectivity index (χ4v) is 2.85. The Bertz CT molecular complexity index is 684. The number of nitrogens with one attached hydrogen (secondary N) is 2. The lowest BCUT2D eigenvalue weighted by Crippen LogP contribution is -2.44. The lowest BCUT2D eigenvalue weighted by atomic mass is 9.95. The molecule has 21 heavy (non-hydrogen) atoms. The number of hydrogen-bond acceptors (Lipinski definition) is 2. The molecule has 0 bridgehead atoms. The molecular weight excluding hydrogens is 284 g/mol. The van der Waals surface area contributed by atoms with E-state index in [1.165, 1.54) is 11.1 Å². The van der Waals surface area contributed by atoms with Crippen molar-refractivity contribution in [2.45, 2.75) is 25.9 Å². The van der Waals surface area contributed by atoms with Crippen LogP contribution in [-0.2, 0) is 17.8 Å². The Morgan fingerprint density at radius 2 is 2.00 bits per heavy atom. The van der Waals surface area contributed by atoms with Crippen molar-refractivity contribution in [3.05, 3.63) is 64.2 Å². The van der Waals surface area contributed by atoms with Crippen molar-refractivity contribution < 1.29 is 4.79 Å². The number of hydrogen-bond donors (Lipinski definition) is 2. The molecule has 2 aromatic carbocycles. The third kappa shape index (κ3) is 3.09. The molecule has 3 rings (SSSR count). The van der Waals surface area contributed by atoms with Crippen molar-refractivity contribution in [3.8, 4) is 0 Å². The van der Waals surface area contributed by atoms with Crippen LogP contribution in [0.25, 0.3) is 0 Å². The van der Waals surface area contributed by atoms with E-state index in [1.807, 2.05) is 31.2 Å². The molecule has 1 amide bonds. The van der Waals surface area contributed by atoms with Crippen LogP contribution in [0, 0.1) is 6.92 Å². The number of anilines is 1. The van der Waals surface area contributed by atoms with Crippen LogP contribution < -0.4 is 10.6 Å². The molecule has 2 N–H and O–H groups in total. The molecule has 2 aromatic rings. The number of carbonyl (C=O) groups is 1. The number of carbonyl (C=O) groups excluding carboxylic acids is 1. The Hall–Kier alpha value is -1.84. The Balaban J connectivity index is 1.72. The molecule has 1 heterocycles. The highest BCUT2D eigenvalue weighted by Gasteiger charge is 2.24. The van der Waals surface area contributed by atoms with Gasteiger partial charge in [-0.1, -0.05) is 35.9 Å². The summed E-state index contributed by atoms with van der Waals surface area (Å²) in [6, 6.07) is 13.5. The lowest BCUT2D eigenvalue weighted by Gasteiger charge is -2.25. The molecular formula is C17H17ClN2O. The minimum absolute atomic E-state index is 0.00470. The Kier molecular flexibility index (Phi) is 3.95. The van der Waals surface area contributed by atoms with Gasteiger partial charge >= 0.3 is 0 Å². The second kappa shape index (κ2) is 5.88. The summed E-state index contributed by atoms with van der Waals surface area (Å²) in [7, 11) is 0. The molecule has 1 aliphatic heterocycles. The van der Waals surface area contributed by atoms with E-state index in [4.69, 9.17) is 11.6 Å². The molecule has 1 aliphatic rings. The van der Waals surface area contributed by atoms with E-state index >= 15 is 0 Å². The fourth-order valence-electron chi connectivity index (χ4n) is 2.63. The molecule has 3 nitrogen and oxygen atoms in total. The maximum absolute atomic E-state index is 12.4. The van der Waals surface area contributed by atoms with Crippen LogP contribution in [0.3, 0.4) is 0 Å². The number of fused-ring (bicyclic) bond motifs is 1. The van der Waals surface area contributed by atoms with Gasteiger partial charge in [0.2, 0.25) is 5.91 Å². The first-order valence-electron chi connectivity index (χ1n) is 7.00. The van der Waals surface area contributed by atoms with Gasteiger partial charge < -0.3 is 10.6 Å². The van der Waals surface area contributed by atoms with Crippen molar-refractivity contribution in [2.24, 2.45) is 0 Å². The average Bonchev–Trinajstić information content (AvgIpc) is 2.49. The first kappa shape index (κ1) is 14.1. The zero-order valence-electron chi connectivity index (χ0n) is 11.8. The van der Waals surface area contributed by atoms with E-state index in [1.54, 1.807) is 6.07 Å². The SMILES string of the molecule is Cc1cc(Cl)ccc1NC(=O)[C@H]1Cc2ccccc2CN1. The summed E-state index contributed by atoms with van der Waals surface area (Å²) in [4.78, 5) is 12.4. The molecule has 1 atom stereocenters. The summed E-state index contributed by atoms with van der Waals surface area (Å²) in [5.74, 6) is -0.00470. The van der Waals surface area contributed by atoms with Gasteiger partial charge in [-0.25, -0.2) is 0 Å². The van der Waals surface area contributed by atoms with E-state index in [-0.39, 0.29) is 11.9 Å². The number of amides is 1. The molecule has 4 heteroatoms. The monoisotopic (exact) mass is 300 g/mol. The number of halogens is 1. The van der Waals surface area contributed by atoms with Crippen molar-refractivity contribution in [1.29, 1.82) is 0 Å². The summed E-state index contributed by atoms with van der Waals surface area (Å²) >= 11 is 5.93. The molecule has 0 aromatic heterocycles. The van der Waals surface area contributed by atoms with Crippen molar-refractivity contribution in [3.63, 3.8) is 0 Å². The van der Waals surface area contributed by atoms with E-state index in [0.29, 0.717) is 11.4 Å². The van der Waals surface area contributed by atoms with Gasteiger partial charge in [-0.05, 0) is 48.2 Å². The van der Waals surface area contributed by atoms with Crippen LogP contribution in [-0.4, -0.2) is 11.9 Å². The van der Waals surface area contributed by atoms with Crippen LogP contribution in [0.15, 0.2) is 42.5 Å². The average molecular weight is 301 g/mol. The maximum Gasteiger partial charge on any atom is 0.241 e. The Morgan fingerprint density at radius 1 is 1.24 bits per heavy atom. The van der Waals surface area contributed by atoms with Crippen LogP contribution in [0.5, 0.6) is 0 Å². The topological polar surface area (TPSA) is 41.1 Å². The normalized spacial score (nSPS) is 17.1. The van der Waals surface area contributed by atoms with Gasteiger partial charge in [0.1, 0.15) is 0 Å². The predicted molar refractivity (Wildman–Crippen MR) is 85.6 cm³/mol. The van der Waals surface area contributed by atoms with E-state index < -0.39 is 0 Å². The standard InChI is InChI=1S/C17H17ClN2O/c1-11-8-14(18)6-7-15(11)20-17(21)16-9-12-4-2-3-5-13(12)10-19-16/h2-8,16,19H,9-10H2,1H3,(H,20,21)/t16-/m1/s1. The van der Waals surface area contributed by atoms with Crippen LogP contribution in [0.1, 0.15) is 16.7 Å². The van der Waals surface area contributed by atoms with Crippen LogP contribution >= 0.6 is 11.6 Å². The highest BCUT2D eigenvalue weighted by molar-refractivity contribution is 6.30. The van der Waals surface area contributed by atoms with Crippen LogP contribution in [0.4, 0.5) is 5.69 Å². The van der Waals surface area contributed by atoms with Gasteiger partial charge in [0.25, 0.3) is 0 Å². The second-order valence-electron chi connectivity index (χ2n) is 5.35. The zero-order valence-corrected chi connectivity index (χ0v) is 12.6. The summed E-state index contributed by atoms with van der Waals surface area (Å²) in [5.41, 5.74) is 4.28. The largest absolute Gasteiger partial charge is 0.324 e. The Labute approximate surface area is 129 Å². The van der Waals surface area contributed by atoms with Gasteiger partial charge in [0.15, 0.2) is 0 Å². The molecule has 0 fully saturated rings. The molecule has 0 unspecified atom stereocenters. The first-order chi connectivity index (χ1) is 10.1. The fraction of sp³-hybridized carbons (Fsp3) is 0.235. The summed E-state index contributed by atoms with van der Waals surface area (Å²) < 4.78 is 0. The Morgan fingerprint density at radius 3 is 2.76 bits per heavy atom. The van der Waals surface area contributed by atoms with Crippen molar-refractivity contribution in [2.75, 3.05) is 5.32 Å². The second-order valence-corrected chi connectivity index (χ2v) is 5.79. The highest BCUT2D eigenvalue weighted by Crippen LogP contribution is 2.21. The third-order valence-electron chi connectivity index (χ3n) is 3.84. The van der Waals surface area contributed by atoms with Crippen molar-refractivity contribution in [1.82, 2.24) is 5.32 Å². The van der Waals surface area contributed by atoms with Gasteiger partial charge in [0.05, 0.1) is 6.04 Å². The van der Waals surface area contributed by atoms with Gasteiger partial charge in [-0.2, -0.15) is 0 Å². The molecule has 0 spiro atoms. The number of aryl methyl sites for hydroxylation is 1. The van der Waals surface area contributed by atoms with E-state index in [9.17, 15) is 4.79 Å². The van der Waals surface area contributed by atoms with Gasteiger partial charge in [-0.3, -0.25) is 4.79 Å². The molecule has 0 saturated heterocycles.